The van der Waals surface area contributed by atoms with E-state index in [1.807, 2.05) is 18.2 Å². The lowest BCUT2D eigenvalue weighted by molar-refractivity contribution is 0.174. The van der Waals surface area contributed by atoms with Gasteiger partial charge in [-0.05, 0) is 44.5 Å². The first-order valence-electron chi connectivity index (χ1n) is 7.18. The molecule has 0 aromatic heterocycles. The van der Waals surface area contributed by atoms with Gasteiger partial charge in [0.05, 0.1) is 0 Å². The van der Waals surface area contributed by atoms with E-state index in [1.165, 1.54) is 32.5 Å². The largest absolute Gasteiger partial charge is 0.391 e. The number of rotatable bonds is 5. The van der Waals surface area contributed by atoms with E-state index in [2.05, 4.69) is 27.5 Å². The Bertz CT molecular complexity index is 426. The number of aliphatic imine (C=N–C) groups is 1. The van der Waals surface area contributed by atoms with Crippen molar-refractivity contribution in [1.29, 1.82) is 0 Å². The van der Waals surface area contributed by atoms with Gasteiger partial charge in [-0.15, -0.1) is 5.48 Å². The minimum Gasteiger partial charge on any atom is -0.391 e. The van der Waals surface area contributed by atoms with Crippen molar-refractivity contribution in [3.05, 3.63) is 35.9 Å². The number of hydrogen-bond acceptors (Lipinski definition) is 4. The van der Waals surface area contributed by atoms with Crippen LogP contribution in [0.3, 0.4) is 0 Å². The van der Waals surface area contributed by atoms with Gasteiger partial charge in [0.15, 0.2) is 6.17 Å². The summed E-state index contributed by atoms with van der Waals surface area (Å²) in [5.41, 5.74) is 4.13. The fourth-order valence-electron chi connectivity index (χ4n) is 2.67. The lowest BCUT2D eigenvalue weighted by Crippen LogP contribution is -2.21. The molecule has 2 aliphatic rings. The van der Waals surface area contributed by atoms with Gasteiger partial charge in [0, 0.05) is 6.42 Å². The summed E-state index contributed by atoms with van der Waals surface area (Å²) in [4.78, 5) is 12.6. The van der Waals surface area contributed by atoms with Crippen LogP contribution in [0.15, 0.2) is 35.3 Å². The Hall–Kier alpha value is -1.39. The van der Waals surface area contributed by atoms with Crippen LogP contribution >= 0.6 is 0 Å². The molecule has 0 unspecified atom stereocenters. The maximum Gasteiger partial charge on any atom is 0.211 e. The Labute approximate surface area is 114 Å². The van der Waals surface area contributed by atoms with E-state index >= 15 is 0 Å². The maximum atomic E-state index is 5.47. The predicted octanol–water partition coefficient (Wildman–Crippen LogP) is 2.49. The normalized spacial score (nSPS) is 23.4. The first-order chi connectivity index (χ1) is 9.42. The zero-order chi connectivity index (χ0) is 12.9. The third-order valence-electron chi connectivity index (χ3n) is 3.74. The van der Waals surface area contributed by atoms with Gasteiger partial charge in [-0.25, -0.2) is 4.99 Å². The van der Waals surface area contributed by atoms with Crippen molar-refractivity contribution in [3.8, 4) is 0 Å². The molecule has 19 heavy (non-hydrogen) atoms. The second-order valence-electron chi connectivity index (χ2n) is 5.21. The molecule has 1 aromatic carbocycles. The van der Waals surface area contributed by atoms with Gasteiger partial charge in [0.2, 0.25) is 5.90 Å². The van der Waals surface area contributed by atoms with Gasteiger partial charge in [-0.1, -0.05) is 30.3 Å². The van der Waals surface area contributed by atoms with Crippen molar-refractivity contribution in [2.75, 3.05) is 19.6 Å². The SMILES string of the molecule is c1ccc([C@H]2N=C(CCCN3CCCC3)ON2)cc1. The minimum atomic E-state index is -0.0389. The first-order valence-corrected chi connectivity index (χ1v) is 7.18. The van der Waals surface area contributed by atoms with E-state index in [0.29, 0.717) is 0 Å². The van der Waals surface area contributed by atoms with E-state index in [1.54, 1.807) is 0 Å². The summed E-state index contributed by atoms with van der Waals surface area (Å²) >= 11 is 0. The molecule has 0 saturated carbocycles. The van der Waals surface area contributed by atoms with Crippen molar-refractivity contribution >= 4 is 5.90 Å². The van der Waals surface area contributed by atoms with Crippen molar-refractivity contribution in [2.24, 2.45) is 4.99 Å². The number of hydroxylamine groups is 1. The Kier molecular flexibility index (Phi) is 4.10. The molecule has 0 spiro atoms. The molecular formula is C15H21N3O. The molecule has 4 nitrogen and oxygen atoms in total. The Morgan fingerprint density at radius 1 is 1.21 bits per heavy atom. The van der Waals surface area contributed by atoms with Crippen molar-refractivity contribution in [3.63, 3.8) is 0 Å². The summed E-state index contributed by atoms with van der Waals surface area (Å²) in [5.74, 6) is 0.841. The van der Waals surface area contributed by atoms with Crippen LogP contribution in [0.2, 0.25) is 0 Å². The molecule has 2 heterocycles. The topological polar surface area (TPSA) is 36.9 Å². The summed E-state index contributed by atoms with van der Waals surface area (Å²) < 4.78 is 0. The average Bonchev–Trinajstić information content (AvgIpc) is 3.11. The van der Waals surface area contributed by atoms with Crippen LogP contribution in [0.4, 0.5) is 0 Å². The van der Waals surface area contributed by atoms with E-state index in [-0.39, 0.29) is 6.17 Å². The van der Waals surface area contributed by atoms with Crippen LogP contribution in [0.5, 0.6) is 0 Å². The van der Waals surface area contributed by atoms with Gasteiger partial charge in [-0.3, -0.25) is 0 Å². The Morgan fingerprint density at radius 2 is 2.00 bits per heavy atom. The molecule has 0 bridgehead atoms. The summed E-state index contributed by atoms with van der Waals surface area (Å²) in [6, 6.07) is 10.2. The van der Waals surface area contributed by atoms with Crippen molar-refractivity contribution in [1.82, 2.24) is 10.4 Å². The monoisotopic (exact) mass is 259 g/mol. The van der Waals surface area contributed by atoms with Gasteiger partial charge in [0.1, 0.15) is 0 Å². The highest BCUT2D eigenvalue weighted by Crippen LogP contribution is 2.19. The lowest BCUT2D eigenvalue weighted by atomic mass is 10.2. The third-order valence-corrected chi connectivity index (χ3v) is 3.74. The van der Waals surface area contributed by atoms with E-state index in [0.717, 1.165) is 24.3 Å². The highest BCUT2D eigenvalue weighted by Gasteiger charge is 2.20. The summed E-state index contributed by atoms with van der Waals surface area (Å²) in [6.45, 7) is 3.69. The fraction of sp³-hybridized carbons (Fsp3) is 0.533. The van der Waals surface area contributed by atoms with Crippen LogP contribution in [-0.2, 0) is 4.84 Å². The standard InChI is InChI=1S/C15H21N3O/c1-2-7-13(8-3-1)15-16-14(19-17-15)9-6-12-18-10-4-5-11-18/h1-3,7-8,15,17H,4-6,9-12H2/t15-/m0/s1. The second kappa shape index (κ2) is 6.17. The molecule has 4 heteroatoms. The Morgan fingerprint density at radius 3 is 2.79 bits per heavy atom. The van der Waals surface area contributed by atoms with Crippen LogP contribution in [0.1, 0.15) is 37.4 Å². The quantitative estimate of drug-likeness (QED) is 0.882. The molecule has 1 atom stereocenters. The second-order valence-corrected chi connectivity index (χ2v) is 5.21. The molecule has 1 saturated heterocycles. The number of hydrogen-bond donors (Lipinski definition) is 1. The molecule has 0 radical (unpaired) electrons. The fourth-order valence-corrected chi connectivity index (χ4v) is 2.67. The van der Waals surface area contributed by atoms with Crippen LogP contribution < -0.4 is 5.48 Å². The predicted molar refractivity (Wildman–Crippen MR) is 75.7 cm³/mol. The molecule has 1 fully saturated rings. The highest BCUT2D eigenvalue weighted by atomic mass is 16.7. The first kappa shape index (κ1) is 12.6. The molecule has 0 amide bonds. The third kappa shape index (κ3) is 3.33. The van der Waals surface area contributed by atoms with Crippen LogP contribution in [0.25, 0.3) is 0 Å². The lowest BCUT2D eigenvalue weighted by Gasteiger charge is -2.13. The highest BCUT2D eigenvalue weighted by molar-refractivity contribution is 5.77. The molecule has 1 N–H and O–H groups in total. The zero-order valence-corrected chi connectivity index (χ0v) is 11.2. The van der Waals surface area contributed by atoms with Crippen LogP contribution in [0, 0.1) is 0 Å². The number of likely N-dealkylation sites (tertiary alicyclic amines) is 1. The van der Waals surface area contributed by atoms with Gasteiger partial charge >= 0.3 is 0 Å². The number of nitrogens with one attached hydrogen (secondary N) is 1. The minimum absolute atomic E-state index is 0.0389. The van der Waals surface area contributed by atoms with Crippen molar-refractivity contribution < 1.29 is 4.84 Å². The summed E-state index contributed by atoms with van der Waals surface area (Å²) in [6.07, 6.45) is 4.72. The molecule has 2 aliphatic heterocycles. The van der Waals surface area contributed by atoms with Gasteiger partial charge in [0.25, 0.3) is 0 Å². The number of benzene rings is 1. The van der Waals surface area contributed by atoms with E-state index in [9.17, 15) is 0 Å². The van der Waals surface area contributed by atoms with E-state index < -0.39 is 0 Å². The van der Waals surface area contributed by atoms with Crippen molar-refractivity contribution in [2.45, 2.75) is 31.8 Å². The maximum absolute atomic E-state index is 5.47. The summed E-state index contributed by atoms with van der Waals surface area (Å²) in [7, 11) is 0. The molecule has 102 valence electrons. The average molecular weight is 259 g/mol. The number of nitrogens with zero attached hydrogens (tertiary/aromatic N) is 2. The molecule has 0 aliphatic carbocycles. The molecule has 1 aromatic rings. The molecule has 3 rings (SSSR count). The van der Waals surface area contributed by atoms with E-state index in [4.69, 9.17) is 4.84 Å². The summed E-state index contributed by atoms with van der Waals surface area (Å²) in [5, 5.41) is 0. The van der Waals surface area contributed by atoms with Gasteiger partial charge in [-0.2, -0.15) is 0 Å². The Balaban J connectivity index is 1.47. The smallest absolute Gasteiger partial charge is 0.211 e. The van der Waals surface area contributed by atoms with Gasteiger partial charge < -0.3 is 9.74 Å². The molecular weight excluding hydrogens is 238 g/mol. The zero-order valence-electron chi connectivity index (χ0n) is 11.2. The van der Waals surface area contributed by atoms with Crippen LogP contribution in [-0.4, -0.2) is 30.4 Å².